The Morgan fingerprint density at radius 1 is 0.667 bits per heavy atom. The number of hydrazine groups is 1. The van der Waals surface area contributed by atoms with E-state index in [1.807, 2.05) is 37.2 Å². The summed E-state index contributed by atoms with van der Waals surface area (Å²) in [5, 5.41) is -0.748. The first-order valence-corrected chi connectivity index (χ1v) is 21.0. The Morgan fingerprint density at radius 2 is 1.00 bits per heavy atom. The molecule has 1 atom stereocenters. The summed E-state index contributed by atoms with van der Waals surface area (Å²) >= 11 is 6.78. The van der Waals surface area contributed by atoms with Crippen LogP contribution in [0.5, 0.6) is 0 Å². The normalized spacial score (nSPS) is 15.0. The van der Waals surface area contributed by atoms with Gasteiger partial charge in [-0.15, -0.1) is 11.1 Å². The zero-order chi connectivity index (χ0) is 21.7. The molecule has 1 rings (SSSR count). The predicted molar refractivity (Wildman–Crippen MR) is 112 cm³/mol. The molecular formula is C15H27ClF5N2PSi3. The number of nitrogens with zero attached hydrogens (tertiary/aromatic N) is 2. The molecule has 27 heavy (non-hydrogen) atoms. The molecule has 1 aromatic carbocycles. The summed E-state index contributed by atoms with van der Waals surface area (Å²) in [6.45, 7) is 17.4. The van der Waals surface area contributed by atoms with Crippen LogP contribution in [0, 0.1) is 29.1 Å². The Balaban J connectivity index is 3.80. The van der Waals surface area contributed by atoms with E-state index in [1.165, 1.54) is 6.66 Å². The Morgan fingerprint density at radius 3 is 1.26 bits per heavy atom. The van der Waals surface area contributed by atoms with Crippen LogP contribution in [0.2, 0.25) is 52.4 Å². The van der Waals surface area contributed by atoms with Crippen molar-refractivity contribution in [2.24, 2.45) is 0 Å². The van der Waals surface area contributed by atoms with Gasteiger partial charge in [-0.05, 0) is 19.8 Å². The third-order valence-electron chi connectivity index (χ3n) is 3.72. The monoisotopic (exact) mass is 480 g/mol. The van der Waals surface area contributed by atoms with Gasteiger partial charge in [0, 0.05) is 8.07 Å². The molecule has 156 valence electrons. The third kappa shape index (κ3) is 5.21. The highest BCUT2D eigenvalue weighted by atomic mass is 35.6. The van der Waals surface area contributed by atoms with Crippen molar-refractivity contribution in [2.45, 2.75) is 52.4 Å². The fourth-order valence-corrected chi connectivity index (χ4v) is 24.9. The molecule has 12 heteroatoms. The molecule has 0 bridgehead atoms. The minimum absolute atomic E-state index is 0.748. The maximum atomic E-state index is 14.5. The van der Waals surface area contributed by atoms with Gasteiger partial charge in [0.05, 0.1) is 5.30 Å². The summed E-state index contributed by atoms with van der Waals surface area (Å²) in [5.74, 6) is -9.46. The molecule has 0 radical (unpaired) electrons. The Bertz CT molecular complexity index is 676. The summed E-state index contributed by atoms with van der Waals surface area (Å²) in [6.07, 6.45) is 0. The quantitative estimate of drug-likeness (QED) is 0.0914. The fourth-order valence-electron chi connectivity index (χ4n) is 3.16. The van der Waals surface area contributed by atoms with Crippen molar-refractivity contribution in [1.82, 2.24) is 8.79 Å². The molecule has 0 saturated carbocycles. The molecule has 1 unspecified atom stereocenters. The van der Waals surface area contributed by atoms with E-state index in [-0.39, 0.29) is 0 Å². The van der Waals surface area contributed by atoms with Gasteiger partial charge in [-0.2, -0.15) is 0 Å². The standard InChI is InChI=1S/C15H27ClF5N2PSi3/c1-24(15-13(20)11(18)10(17)12(19)14(15)21)22(25(2,3)4)23(26(5,6)7)27(8,9)16/h1-9H3. The molecule has 0 fully saturated rings. The molecule has 1 aromatic rings. The molecular weight excluding hydrogens is 454 g/mol. The molecule has 0 aromatic heterocycles. The van der Waals surface area contributed by atoms with E-state index >= 15 is 0 Å². The van der Waals surface area contributed by atoms with Gasteiger partial charge >= 0.3 is 0 Å². The molecule has 0 aliphatic carbocycles. The van der Waals surface area contributed by atoms with E-state index in [9.17, 15) is 22.0 Å². The predicted octanol–water partition coefficient (Wildman–Crippen LogP) is 6.16. The fraction of sp³-hybridized carbons (Fsp3) is 0.600. The average molecular weight is 481 g/mol. The number of hydrogen-bond acceptors (Lipinski definition) is 2. The zero-order valence-corrected chi connectivity index (χ0v) is 21.8. The summed E-state index contributed by atoms with van der Waals surface area (Å²) < 4.78 is 74.1. The van der Waals surface area contributed by atoms with Gasteiger partial charge in [0.2, 0.25) is 13.4 Å². The van der Waals surface area contributed by atoms with Gasteiger partial charge < -0.3 is 0 Å². The van der Waals surface area contributed by atoms with Crippen molar-refractivity contribution in [1.29, 1.82) is 0 Å². The first kappa shape index (κ1) is 25.2. The summed E-state index contributed by atoms with van der Waals surface area (Å²) in [6, 6.07) is 0. The molecule has 0 heterocycles. The van der Waals surface area contributed by atoms with Gasteiger partial charge in [-0.3, -0.25) is 4.34 Å². The first-order chi connectivity index (χ1) is 11.8. The lowest BCUT2D eigenvalue weighted by atomic mass is 10.3. The molecule has 0 aliphatic heterocycles. The van der Waals surface area contributed by atoms with Crippen LogP contribution in [0.15, 0.2) is 0 Å². The maximum Gasteiger partial charge on any atom is 0.229 e. The highest BCUT2D eigenvalue weighted by molar-refractivity contribution is 7.64. The topological polar surface area (TPSA) is 6.48 Å². The van der Waals surface area contributed by atoms with Gasteiger partial charge in [0.15, 0.2) is 23.3 Å². The van der Waals surface area contributed by atoms with Crippen molar-refractivity contribution in [3.8, 4) is 0 Å². The molecule has 0 N–H and O–H groups in total. The van der Waals surface area contributed by atoms with E-state index in [4.69, 9.17) is 11.1 Å². The second-order valence-corrected chi connectivity index (χ2v) is 27.0. The average Bonchev–Trinajstić information content (AvgIpc) is 2.44. The minimum atomic E-state index is -2.53. The van der Waals surface area contributed by atoms with Crippen LogP contribution in [-0.4, -0.2) is 39.5 Å². The summed E-state index contributed by atoms with van der Waals surface area (Å²) in [5.41, 5.74) is 0. The lowest BCUT2D eigenvalue weighted by Gasteiger charge is -2.55. The van der Waals surface area contributed by atoms with Crippen LogP contribution in [-0.2, 0) is 0 Å². The molecule has 2 nitrogen and oxygen atoms in total. The van der Waals surface area contributed by atoms with Crippen molar-refractivity contribution in [3.05, 3.63) is 29.1 Å². The van der Waals surface area contributed by atoms with E-state index in [0.29, 0.717) is 0 Å². The lowest BCUT2D eigenvalue weighted by Crippen LogP contribution is -2.69. The van der Waals surface area contributed by atoms with Crippen LogP contribution >= 0.6 is 19.2 Å². The largest absolute Gasteiger partial charge is 0.273 e. The smallest absolute Gasteiger partial charge is 0.229 e. The molecule has 0 spiro atoms. The molecule has 0 saturated heterocycles. The van der Waals surface area contributed by atoms with Crippen molar-refractivity contribution in [2.75, 3.05) is 6.66 Å². The SMILES string of the molecule is CP(c1c(F)c(F)c(F)c(F)c1F)N(N([Si](C)(C)C)[Si](C)(C)Cl)[Si](C)(C)C. The highest BCUT2D eigenvalue weighted by Gasteiger charge is 2.48. The van der Waals surface area contributed by atoms with E-state index < -0.39 is 66.5 Å². The number of benzene rings is 1. The summed E-state index contributed by atoms with van der Waals surface area (Å²) in [4.78, 5) is 0. The third-order valence-corrected chi connectivity index (χ3v) is 17.6. The van der Waals surface area contributed by atoms with Gasteiger partial charge in [0.25, 0.3) is 0 Å². The molecule has 0 aliphatic rings. The van der Waals surface area contributed by atoms with E-state index in [1.54, 1.807) is 0 Å². The Hall–Kier alpha value is 0.161. The van der Waals surface area contributed by atoms with Crippen molar-refractivity contribution in [3.63, 3.8) is 0 Å². The van der Waals surface area contributed by atoms with Crippen molar-refractivity contribution < 1.29 is 22.0 Å². The highest BCUT2D eigenvalue weighted by Crippen LogP contribution is 2.47. The Labute approximate surface area is 167 Å². The zero-order valence-electron chi connectivity index (χ0n) is 17.1. The van der Waals surface area contributed by atoms with Crippen LogP contribution in [0.25, 0.3) is 0 Å². The van der Waals surface area contributed by atoms with Gasteiger partial charge in [0.1, 0.15) is 16.5 Å². The van der Waals surface area contributed by atoms with Gasteiger partial charge in [-0.25, -0.2) is 26.4 Å². The second-order valence-electron chi connectivity index (χ2n) is 8.79. The van der Waals surface area contributed by atoms with E-state index in [0.717, 1.165) is 0 Å². The van der Waals surface area contributed by atoms with Crippen LogP contribution in [0.3, 0.4) is 0 Å². The van der Waals surface area contributed by atoms with Crippen LogP contribution in [0.4, 0.5) is 22.0 Å². The number of hydrogen-bond donors (Lipinski definition) is 0. The molecule has 0 amide bonds. The Kier molecular flexibility index (Phi) is 7.58. The van der Waals surface area contributed by atoms with Crippen LogP contribution < -0.4 is 5.30 Å². The lowest BCUT2D eigenvalue weighted by molar-refractivity contribution is 0.377. The number of halogens is 6. The van der Waals surface area contributed by atoms with E-state index in [2.05, 4.69) is 24.0 Å². The second kappa shape index (κ2) is 8.12. The van der Waals surface area contributed by atoms with Gasteiger partial charge in [-0.1, -0.05) is 39.3 Å². The van der Waals surface area contributed by atoms with Crippen LogP contribution in [0.1, 0.15) is 0 Å². The van der Waals surface area contributed by atoms with Crippen molar-refractivity contribution >= 4 is 48.5 Å². The summed E-state index contributed by atoms with van der Waals surface area (Å²) in [7, 11) is -8.84. The number of rotatable bonds is 6. The first-order valence-electron chi connectivity index (χ1n) is 8.38. The minimum Gasteiger partial charge on any atom is -0.273 e. The maximum absolute atomic E-state index is 14.5.